The largest absolute Gasteiger partial charge is 0.492 e. The Hall–Kier alpha value is -3.14. The van der Waals surface area contributed by atoms with Gasteiger partial charge in [0, 0.05) is 12.1 Å². The first kappa shape index (κ1) is 22.2. The molecule has 0 aliphatic heterocycles. The maximum Gasteiger partial charge on any atom is 0.271 e. The van der Waals surface area contributed by atoms with E-state index < -0.39 is 27.4 Å². The topological polar surface area (TPSA) is 119 Å². The maximum atomic E-state index is 12.2. The van der Waals surface area contributed by atoms with Gasteiger partial charge in [-0.1, -0.05) is 12.1 Å². The summed E-state index contributed by atoms with van der Waals surface area (Å²) >= 11 is 0. The first-order chi connectivity index (χ1) is 13.6. The Balaban J connectivity index is 1.97. The van der Waals surface area contributed by atoms with Crippen molar-refractivity contribution in [2.24, 2.45) is 0 Å². The summed E-state index contributed by atoms with van der Waals surface area (Å²) in [5.41, 5.74) is 1.90. The van der Waals surface area contributed by atoms with Crippen LogP contribution < -0.4 is 14.4 Å². The average molecular weight is 421 g/mol. The number of hydrogen-bond acceptors (Lipinski definition) is 6. The monoisotopic (exact) mass is 421 g/mol. The van der Waals surface area contributed by atoms with Crippen LogP contribution in [0.15, 0.2) is 42.5 Å². The molecule has 0 saturated carbocycles. The molecule has 9 nitrogen and oxygen atoms in total. The van der Waals surface area contributed by atoms with Gasteiger partial charge < -0.3 is 10.1 Å². The molecule has 1 amide bonds. The molecule has 156 valence electrons. The van der Waals surface area contributed by atoms with Crippen molar-refractivity contribution in [3.8, 4) is 5.75 Å². The Morgan fingerprint density at radius 2 is 1.83 bits per heavy atom. The number of nitrogens with zero attached hydrogens (tertiary/aromatic N) is 2. The number of sulfonamides is 1. The van der Waals surface area contributed by atoms with Crippen LogP contribution in [0.3, 0.4) is 0 Å². The molecule has 0 bridgehead atoms. The standard InChI is InChI=1S/C19H23N3O6S/c1-14-9-15(2)11-18(10-14)28-8-7-20-19(23)13-21(29(3,26)27)16-5-4-6-17(12-16)22(24)25/h4-6,9-12H,7-8,13H2,1-3H3,(H,20,23). The molecule has 0 atom stereocenters. The number of anilines is 1. The highest BCUT2D eigenvalue weighted by Crippen LogP contribution is 2.23. The van der Waals surface area contributed by atoms with Crippen LogP contribution in [0.1, 0.15) is 11.1 Å². The molecule has 2 aromatic rings. The van der Waals surface area contributed by atoms with Crippen LogP contribution in [0.4, 0.5) is 11.4 Å². The SMILES string of the molecule is Cc1cc(C)cc(OCCNC(=O)CN(c2cccc([N+](=O)[O-])c2)S(C)(=O)=O)c1. The summed E-state index contributed by atoms with van der Waals surface area (Å²) < 4.78 is 30.6. The second kappa shape index (κ2) is 9.37. The molecule has 0 aliphatic carbocycles. The zero-order valence-electron chi connectivity index (χ0n) is 16.4. The second-order valence-corrected chi connectivity index (χ2v) is 8.48. The van der Waals surface area contributed by atoms with E-state index in [4.69, 9.17) is 4.74 Å². The highest BCUT2D eigenvalue weighted by atomic mass is 32.2. The Labute approximate surface area is 169 Å². The van der Waals surface area contributed by atoms with Gasteiger partial charge in [0.1, 0.15) is 18.9 Å². The molecule has 2 aromatic carbocycles. The summed E-state index contributed by atoms with van der Waals surface area (Å²) in [6, 6.07) is 10.9. The van der Waals surface area contributed by atoms with Crippen molar-refractivity contribution in [2.75, 3.05) is 30.3 Å². The van der Waals surface area contributed by atoms with Crippen LogP contribution in [0, 0.1) is 24.0 Å². The van der Waals surface area contributed by atoms with Crippen molar-refractivity contribution in [3.63, 3.8) is 0 Å². The molecule has 0 saturated heterocycles. The van der Waals surface area contributed by atoms with Gasteiger partial charge in [-0.05, 0) is 43.2 Å². The van der Waals surface area contributed by atoms with Gasteiger partial charge in [0.2, 0.25) is 15.9 Å². The van der Waals surface area contributed by atoms with E-state index in [1.54, 1.807) is 0 Å². The minimum Gasteiger partial charge on any atom is -0.492 e. The number of carbonyl (C=O) groups excluding carboxylic acids is 1. The predicted octanol–water partition coefficient (Wildman–Crippen LogP) is 2.17. The summed E-state index contributed by atoms with van der Waals surface area (Å²) in [6.45, 7) is 3.80. The molecule has 10 heteroatoms. The first-order valence-corrected chi connectivity index (χ1v) is 10.6. The molecule has 0 spiro atoms. The lowest BCUT2D eigenvalue weighted by Crippen LogP contribution is -2.41. The summed E-state index contributed by atoms with van der Waals surface area (Å²) in [5, 5.41) is 13.5. The van der Waals surface area contributed by atoms with Gasteiger partial charge in [0.25, 0.3) is 5.69 Å². The normalized spacial score (nSPS) is 11.0. The van der Waals surface area contributed by atoms with Crippen LogP contribution in [-0.4, -0.2) is 45.2 Å². The van der Waals surface area contributed by atoms with Crippen molar-refractivity contribution in [1.29, 1.82) is 0 Å². The van der Waals surface area contributed by atoms with E-state index in [9.17, 15) is 23.3 Å². The van der Waals surface area contributed by atoms with E-state index >= 15 is 0 Å². The third kappa shape index (κ3) is 6.75. The number of ether oxygens (including phenoxy) is 1. The van der Waals surface area contributed by atoms with Crippen molar-refractivity contribution in [3.05, 3.63) is 63.7 Å². The summed E-state index contributed by atoms with van der Waals surface area (Å²) in [4.78, 5) is 22.5. The molecule has 0 fully saturated rings. The van der Waals surface area contributed by atoms with E-state index in [1.807, 2.05) is 32.0 Å². The molecule has 29 heavy (non-hydrogen) atoms. The number of nitro groups is 1. The summed E-state index contributed by atoms with van der Waals surface area (Å²) in [5.74, 6) is 0.136. The number of amides is 1. The fraction of sp³-hybridized carbons (Fsp3) is 0.316. The van der Waals surface area contributed by atoms with Crippen molar-refractivity contribution >= 4 is 27.3 Å². The smallest absolute Gasteiger partial charge is 0.271 e. The van der Waals surface area contributed by atoms with Crippen LogP contribution >= 0.6 is 0 Å². The highest BCUT2D eigenvalue weighted by molar-refractivity contribution is 7.92. The van der Waals surface area contributed by atoms with E-state index in [2.05, 4.69) is 5.32 Å². The number of aryl methyl sites for hydroxylation is 2. The fourth-order valence-corrected chi connectivity index (χ4v) is 3.57. The second-order valence-electron chi connectivity index (χ2n) is 6.57. The number of rotatable bonds is 9. The molecular weight excluding hydrogens is 398 g/mol. The van der Waals surface area contributed by atoms with Gasteiger partial charge in [0.05, 0.1) is 23.4 Å². The first-order valence-electron chi connectivity index (χ1n) is 8.76. The number of benzene rings is 2. The molecule has 1 N–H and O–H groups in total. The molecule has 0 heterocycles. The van der Waals surface area contributed by atoms with Crippen LogP contribution in [0.2, 0.25) is 0 Å². The summed E-state index contributed by atoms with van der Waals surface area (Å²) in [7, 11) is -3.82. The average Bonchev–Trinajstić information content (AvgIpc) is 2.61. The fourth-order valence-electron chi connectivity index (χ4n) is 2.72. The maximum absolute atomic E-state index is 12.2. The predicted molar refractivity (Wildman–Crippen MR) is 110 cm³/mol. The zero-order chi connectivity index (χ0) is 21.6. The van der Waals surface area contributed by atoms with E-state index in [-0.39, 0.29) is 24.5 Å². The zero-order valence-corrected chi connectivity index (χ0v) is 17.2. The molecule has 0 aliphatic rings. The van der Waals surface area contributed by atoms with Gasteiger partial charge in [-0.2, -0.15) is 0 Å². The highest BCUT2D eigenvalue weighted by Gasteiger charge is 2.22. The van der Waals surface area contributed by atoms with E-state index in [1.165, 1.54) is 18.2 Å². The van der Waals surface area contributed by atoms with Gasteiger partial charge >= 0.3 is 0 Å². The number of nitro benzene ring substituents is 1. The lowest BCUT2D eigenvalue weighted by atomic mass is 10.1. The van der Waals surface area contributed by atoms with Gasteiger partial charge in [0.15, 0.2) is 0 Å². The number of nitrogens with one attached hydrogen (secondary N) is 1. The van der Waals surface area contributed by atoms with Crippen molar-refractivity contribution < 1.29 is 22.9 Å². The van der Waals surface area contributed by atoms with Gasteiger partial charge in [-0.15, -0.1) is 0 Å². The Kier molecular flexibility index (Phi) is 7.16. The van der Waals surface area contributed by atoms with Crippen LogP contribution in [0.25, 0.3) is 0 Å². The third-order valence-electron chi connectivity index (χ3n) is 3.90. The molecule has 2 rings (SSSR count). The molecule has 0 aromatic heterocycles. The lowest BCUT2D eigenvalue weighted by molar-refractivity contribution is -0.384. The van der Waals surface area contributed by atoms with Crippen LogP contribution in [0.5, 0.6) is 5.75 Å². The Morgan fingerprint density at radius 1 is 1.17 bits per heavy atom. The molecule has 0 unspecified atom stereocenters. The number of non-ortho nitro benzene ring substituents is 1. The third-order valence-corrected chi connectivity index (χ3v) is 5.04. The van der Waals surface area contributed by atoms with Gasteiger partial charge in [-0.25, -0.2) is 8.42 Å². The molecule has 0 radical (unpaired) electrons. The summed E-state index contributed by atoms with van der Waals surface area (Å²) in [6.07, 6.45) is 0.933. The van der Waals surface area contributed by atoms with Crippen molar-refractivity contribution in [1.82, 2.24) is 5.32 Å². The minimum atomic E-state index is -3.82. The Bertz CT molecular complexity index is 987. The van der Waals surface area contributed by atoms with Crippen LogP contribution in [-0.2, 0) is 14.8 Å². The lowest BCUT2D eigenvalue weighted by Gasteiger charge is -2.21. The van der Waals surface area contributed by atoms with E-state index in [0.717, 1.165) is 27.8 Å². The number of carbonyl (C=O) groups is 1. The Morgan fingerprint density at radius 3 is 2.41 bits per heavy atom. The minimum absolute atomic E-state index is 0.0448. The number of hydrogen-bond donors (Lipinski definition) is 1. The van der Waals surface area contributed by atoms with Gasteiger partial charge in [-0.3, -0.25) is 19.2 Å². The van der Waals surface area contributed by atoms with E-state index in [0.29, 0.717) is 5.75 Å². The quantitative estimate of drug-likeness (QED) is 0.377. The molecular formula is C19H23N3O6S. The van der Waals surface area contributed by atoms with Crippen molar-refractivity contribution in [2.45, 2.75) is 13.8 Å².